The average molecular weight is 398 g/mol. The minimum absolute atomic E-state index is 0.125. The molecule has 3 fully saturated rings. The van der Waals surface area contributed by atoms with Crippen molar-refractivity contribution in [3.63, 3.8) is 0 Å². The molecule has 29 heavy (non-hydrogen) atoms. The number of piperazine rings is 1. The molecular weight excluding hydrogens is 371 g/mol. The number of nitrogens with one attached hydrogen (secondary N) is 1. The Labute approximate surface area is 169 Å². The summed E-state index contributed by atoms with van der Waals surface area (Å²) >= 11 is 0. The third-order valence-electron chi connectivity index (χ3n) is 6.36. The number of benzene rings is 1. The number of fused-ring (bicyclic) bond motifs is 1. The molecule has 2 aliphatic carbocycles. The number of halogens is 1. The number of aromatic nitrogens is 1. The minimum Gasteiger partial charge on any atom is -0.367 e. The molecule has 1 N–H and O–H groups in total. The fourth-order valence-electron chi connectivity index (χ4n) is 4.21. The zero-order chi connectivity index (χ0) is 20.1. The molecule has 1 saturated heterocycles. The summed E-state index contributed by atoms with van der Waals surface area (Å²) in [7, 11) is 0. The molecular formula is C22H27FN4O2. The van der Waals surface area contributed by atoms with Gasteiger partial charge in [-0.15, -0.1) is 0 Å². The van der Waals surface area contributed by atoms with Gasteiger partial charge in [-0.1, -0.05) is 6.92 Å². The van der Waals surface area contributed by atoms with Gasteiger partial charge in [-0.3, -0.25) is 9.59 Å². The zero-order valence-electron chi connectivity index (χ0n) is 16.8. The van der Waals surface area contributed by atoms with E-state index in [1.807, 2.05) is 10.6 Å². The van der Waals surface area contributed by atoms with Crippen LogP contribution in [0, 0.1) is 5.82 Å². The van der Waals surface area contributed by atoms with Gasteiger partial charge < -0.3 is 19.7 Å². The quantitative estimate of drug-likeness (QED) is 0.841. The first-order valence-corrected chi connectivity index (χ1v) is 10.7. The third kappa shape index (κ3) is 3.52. The van der Waals surface area contributed by atoms with Crippen LogP contribution in [-0.4, -0.2) is 54.1 Å². The van der Waals surface area contributed by atoms with Crippen molar-refractivity contribution in [3.8, 4) is 0 Å². The van der Waals surface area contributed by atoms with Gasteiger partial charge in [0.1, 0.15) is 11.4 Å². The van der Waals surface area contributed by atoms with E-state index in [-0.39, 0.29) is 34.8 Å². The van der Waals surface area contributed by atoms with Gasteiger partial charge in [0.05, 0.1) is 11.2 Å². The summed E-state index contributed by atoms with van der Waals surface area (Å²) in [6.07, 6.45) is 5.64. The highest BCUT2D eigenvalue weighted by molar-refractivity contribution is 5.98. The second kappa shape index (κ2) is 7.13. The van der Waals surface area contributed by atoms with Crippen molar-refractivity contribution in [2.75, 3.05) is 37.6 Å². The average Bonchev–Trinajstić information content (AvgIpc) is 3.63. The first-order chi connectivity index (χ1) is 14.0. The van der Waals surface area contributed by atoms with Gasteiger partial charge in [0.2, 0.25) is 5.43 Å². The predicted octanol–water partition coefficient (Wildman–Crippen LogP) is 2.51. The molecule has 0 spiro atoms. The van der Waals surface area contributed by atoms with Crippen molar-refractivity contribution in [1.29, 1.82) is 0 Å². The SMILES string of the molecule is CCN1CCN(c2cc3c(cc2F)c(=O)c(C(=O)NC2CC2)cn3C2CC2)CC1. The van der Waals surface area contributed by atoms with Crippen molar-refractivity contribution >= 4 is 22.5 Å². The summed E-state index contributed by atoms with van der Waals surface area (Å²) in [5.41, 5.74) is 1.03. The summed E-state index contributed by atoms with van der Waals surface area (Å²) in [6.45, 7) is 6.49. The number of carbonyl (C=O) groups is 1. The van der Waals surface area contributed by atoms with Crippen molar-refractivity contribution in [2.24, 2.45) is 0 Å². The summed E-state index contributed by atoms with van der Waals surface area (Å²) in [5.74, 6) is -0.726. The maximum absolute atomic E-state index is 15.1. The third-order valence-corrected chi connectivity index (χ3v) is 6.36. The fourth-order valence-corrected chi connectivity index (χ4v) is 4.21. The smallest absolute Gasteiger partial charge is 0.256 e. The maximum Gasteiger partial charge on any atom is 0.256 e. The minimum atomic E-state index is -0.387. The van der Waals surface area contributed by atoms with Crippen molar-refractivity contribution < 1.29 is 9.18 Å². The van der Waals surface area contributed by atoms with E-state index >= 15 is 4.39 Å². The Kier molecular flexibility index (Phi) is 4.57. The van der Waals surface area contributed by atoms with Crippen LogP contribution < -0.4 is 15.6 Å². The number of amides is 1. The summed E-state index contributed by atoms with van der Waals surface area (Å²) in [4.78, 5) is 30.0. The lowest BCUT2D eigenvalue weighted by Crippen LogP contribution is -2.46. The summed E-state index contributed by atoms with van der Waals surface area (Å²) in [5, 5.41) is 3.19. The number of likely N-dealkylation sites (N-methyl/N-ethyl adjacent to an activating group) is 1. The molecule has 0 unspecified atom stereocenters. The number of hydrogen-bond donors (Lipinski definition) is 1. The van der Waals surface area contributed by atoms with Crippen molar-refractivity contribution in [3.05, 3.63) is 39.9 Å². The van der Waals surface area contributed by atoms with Crippen molar-refractivity contribution in [2.45, 2.75) is 44.7 Å². The van der Waals surface area contributed by atoms with Gasteiger partial charge >= 0.3 is 0 Å². The molecule has 2 saturated carbocycles. The zero-order valence-corrected chi connectivity index (χ0v) is 16.8. The molecule has 154 valence electrons. The first-order valence-electron chi connectivity index (χ1n) is 10.7. The van der Waals surface area contributed by atoms with Crippen LogP contribution in [0.25, 0.3) is 10.9 Å². The Bertz CT molecular complexity index is 1020. The Morgan fingerprint density at radius 1 is 1.14 bits per heavy atom. The van der Waals surface area contributed by atoms with Gasteiger partial charge in [-0.25, -0.2) is 4.39 Å². The Morgan fingerprint density at radius 2 is 1.86 bits per heavy atom. The van der Waals surface area contributed by atoms with Crippen LogP contribution in [0.15, 0.2) is 23.1 Å². The van der Waals surface area contributed by atoms with Gasteiger partial charge in [-0.05, 0) is 44.4 Å². The highest BCUT2D eigenvalue weighted by Gasteiger charge is 2.30. The van der Waals surface area contributed by atoms with E-state index in [1.54, 1.807) is 6.20 Å². The van der Waals surface area contributed by atoms with Gasteiger partial charge in [-0.2, -0.15) is 0 Å². The van der Waals surface area contributed by atoms with Gasteiger partial charge in [0.25, 0.3) is 5.91 Å². The molecule has 2 heterocycles. The van der Waals surface area contributed by atoms with Crippen molar-refractivity contribution in [1.82, 2.24) is 14.8 Å². The summed E-state index contributed by atoms with van der Waals surface area (Å²) in [6, 6.07) is 3.61. The van der Waals surface area contributed by atoms with E-state index in [4.69, 9.17) is 0 Å². The first kappa shape index (κ1) is 18.6. The van der Waals surface area contributed by atoms with Crippen LogP contribution in [0.4, 0.5) is 10.1 Å². The molecule has 5 rings (SSSR count). The number of carbonyl (C=O) groups excluding carboxylic acids is 1. The molecule has 0 bridgehead atoms. The number of anilines is 1. The van der Waals surface area contributed by atoms with Crippen LogP contribution in [-0.2, 0) is 0 Å². The topological polar surface area (TPSA) is 57.6 Å². The van der Waals surface area contributed by atoms with E-state index in [9.17, 15) is 9.59 Å². The van der Waals surface area contributed by atoms with Crippen LogP contribution in [0.5, 0.6) is 0 Å². The molecule has 2 aromatic rings. The van der Waals surface area contributed by atoms with E-state index in [1.165, 1.54) is 6.07 Å². The Balaban J connectivity index is 1.57. The molecule has 0 atom stereocenters. The molecule has 3 aliphatic rings. The second-order valence-electron chi connectivity index (χ2n) is 8.50. The monoisotopic (exact) mass is 398 g/mol. The number of hydrogen-bond acceptors (Lipinski definition) is 4. The van der Waals surface area contributed by atoms with E-state index < -0.39 is 0 Å². The standard InChI is InChI=1S/C22H27FN4O2/c1-2-25-7-9-26(10-8-25)20-12-19-16(11-18(20)23)21(28)17(13-27(19)15-5-6-15)22(29)24-14-3-4-14/h11-15H,2-10H2,1H3,(H,24,29). The number of nitrogens with zero attached hydrogens (tertiary/aromatic N) is 3. The highest BCUT2D eigenvalue weighted by Crippen LogP contribution is 2.38. The lowest BCUT2D eigenvalue weighted by molar-refractivity contribution is 0.0949. The van der Waals surface area contributed by atoms with Gasteiger partial charge in [0.15, 0.2) is 0 Å². The van der Waals surface area contributed by atoms with Crippen LogP contribution >= 0.6 is 0 Å². The number of rotatable bonds is 5. The molecule has 1 aromatic carbocycles. The van der Waals surface area contributed by atoms with E-state index in [0.29, 0.717) is 11.1 Å². The van der Waals surface area contributed by atoms with E-state index in [0.717, 1.165) is 63.9 Å². The van der Waals surface area contributed by atoms with Crippen LogP contribution in [0.2, 0.25) is 0 Å². The molecule has 1 amide bonds. The Morgan fingerprint density at radius 3 is 2.48 bits per heavy atom. The predicted molar refractivity (Wildman–Crippen MR) is 111 cm³/mol. The maximum atomic E-state index is 15.1. The largest absolute Gasteiger partial charge is 0.367 e. The normalized spacial score (nSPS) is 20.3. The highest BCUT2D eigenvalue weighted by atomic mass is 19.1. The second-order valence-corrected chi connectivity index (χ2v) is 8.50. The summed E-state index contributed by atoms with van der Waals surface area (Å²) < 4.78 is 17.1. The Hall–Kier alpha value is -2.41. The lowest BCUT2D eigenvalue weighted by Gasteiger charge is -2.35. The molecule has 6 nitrogen and oxygen atoms in total. The van der Waals surface area contributed by atoms with Gasteiger partial charge in [0, 0.05) is 49.8 Å². The number of pyridine rings is 1. The molecule has 7 heteroatoms. The molecule has 1 aromatic heterocycles. The van der Waals surface area contributed by atoms with E-state index in [2.05, 4.69) is 22.0 Å². The lowest BCUT2D eigenvalue weighted by atomic mass is 10.1. The van der Waals surface area contributed by atoms with Crippen LogP contribution in [0.1, 0.15) is 49.0 Å². The molecule has 0 radical (unpaired) electrons. The fraction of sp³-hybridized carbons (Fsp3) is 0.545. The molecule has 1 aliphatic heterocycles. The van der Waals surface area contributed by atoms with Crippen LogP contribution in [0.3, 0.4) is 0 Å².